The molecule has 1 aromatic carbocycles. The molecule has 0 aliphatic carbocycles. The summed E-state index contributed by atoms with van der Waals surface area (Å²) < 4.78 is 0. The zero-order chi connectivity index (χ0) is 11.8. The summed E-state index contributed by atoms with van der Waals surface area (Å²) in [5, 5.41) is 8.50. The van der Waals surface area contributed by atoms with Crippen LogP contribution in [0.25, 0.3) is 0 Å². The second kappa shape index (κ2) is 6.88. The van der Waals surface area contributed by atoms with Crippen molar-refractivity contribution >= 4 is 17.7 Å². The molecule has 0 unspecified atom stereocenters. The highest BCUT2D eigenvalue weighted by molar-refractivity contribution is 7.99. The molecule has 1 N–H and O–H groups in total. The minimum atomic E-state index is -0.289. The Hall–Kier alpha value is -1.51. The molecule has 0 aromatic heterocycles. The predicted octanol–water partition coefficient (Wildman–Crippen LogP) is 1.98. The molecule has 0 radical (unpaired) electrons. The fourth-order valence-corrected chi connectivity index (χ4v) is 1.79. The number of nitrogens with one attached hydrogen (secondary N) is 1. The SMILES string of the molecule is CCONC(=O)c1ccccc1SCC#N. The van der Waals surface area contributed by atoms with Crippen LogP contribution in [0.1, 0.15) is 17.3 Å². The van der Waals surface area contributed by atoms with Gasteiger partial charge in [-0.25, -0.2) is 5.48 Å². The van der Waals surface area contributed by atoms with Gasteiger partial charge in [-0.15, -0.1) is 11.8 Å². The summed E-state index contributed by atoms with van der Waals surface area (Å²) in [7, 11) is 0. The predicted molar refractivity (Wildman–Crippen MR) is 61.9 cm³/mol. The molecule has 0 aliphatic heterocycles. The Labute approximate surface area is 98.6 Å². The van der Waals surface area contributed by atoms with Crippen molar-refractivity contribution in [2.45, 2.75) is 11.8 Å². The number of hydrogen-bond donors (Lipinski definition) is 1. The van der Waals surface area contributed by atoms with E-state index in [0.29, 0.717) is 17.9 Å². The number of benzene rings is 1. The molecule has 0 atom stereocenters. The highest BCUT2D eigenvalue weighted by Crippen LogP contribution is 2.21. The molecule has 0 heterocycles. The number of amides is 1. The molecule has 0 saturated heterocycles. The number of rotatable bonds is 5. The maximum Gasteiger partial charge on any atom is 0.275 e. The maximum atomic E-state index is 11.7. The molecule has 84 valence electrons. The number of nitrogens with zero attached hydrogens (tertiary/aromatic N) is 1. The van der Waals surface area contributed by atoms with Crippen molar-refractivity contribution in [1.82, 2.24) is 5.48 Å². The van der Waals surface area contributed by atoms with Gasteiger partial charge in [-0.1, -0.05) is 12.1 Å². The molecule has 1 aromatic rings. The first kappa shape index (κ1) is 12.6. The van der Waals surface area contributed by atoms with E-state index < -0.39 is 0 Å². The molecule has 0 bridgehead atoms. The first-order chi connectivity index (χ1) is 7.79. The van der Waals surface area contributed by atoms with Gasteiger partial charge in [0.15, 0.2) is 0 Å². The van der Waals surface area contributed by atoms with Gasteiger partial charge in [0.25, 0.3) is 5.91 Å². The molecule has 0 aliphatic rings. The summed E-state index contributed by atoms with van der Waals surface area (Å²) >= 11 is 1.33. The van der Waals surface area contributed by atoms with Gasteiger partial charge in [0.1, 0.15) is 0 Å². The van der Waals surface area contributed by atoms with E-state index in [0.717, 1.165) is 4.90 Å². The molecule has 1 rings (SSSR count). The van der Waals surface area contributed by atoms with Crippen LogP contribution in [-0.4, -0.2) is 18.3 Å². The Bertz CT molecular complexity index is 401. The van der Waals surface area contributed by atoms with Crippen molar-refractivity contribution < 1.29 is 9.63 Å². The lowest BCUT2D eigenvalue weighted by Crippen LogP contribution is -2.24. The number of nitriles is 1. The van der Waals surface area contributed by atoms with E-state index in [1.165, 1.54) is 11.8 Å². The average Bonchev–Trinajstić information content (AvgIpc) is 2.33. The van der Waals surface area contributed by atoms with Crippen LogP contribution in [0.5, 0.6) is 0 Å². The summed E-state index contributed by atoms with van der Waals surface area (Å²) in [6.45, 7) is 2.20. The summed E-state index contributed by atoms with van der Waals surface area (Å²) in [5.74, 6) is 0.0294. The van der Waals surface area contributed by atoms with E-state index in [1.807, 2.05) is 18.2 Å². The smallest absolute Gasteiger partial charge is 0.274 e. The number of hydroxylamine groups is 1. The number of thioether (sulfide) groups is 1. The van der Waals surface area contributed by atoms with E-state index in [4.69, 9.17) is 10.1 Å². The maximum absolute atomic E-state index is 11.7. The summed E-state index contributed by atoms with van der Waals surface area (Å²) in [4.78, 5) is 17.3. The Morgan fingerprint density at radius 3 is 3.00 bits per heavy atom. The highest BCUT2D eigenvalue weighted by Gasteiger charge is 2.10. The van der Waals surface area contributed by atoms with Crippen LogP contribution >= 0.6 is 11.8 Å². The molecule has 1 amide bonds. The van der Waals surface area contributed by atoms with Gasteiger partial charge in [-0.3, -0.25) is 9.63 Å². The minimum absolute atomic E-state index is 0.289. The average molecular weight is 236 g/mol. The number of carbonyl (C=O) groups is 1. The van der Waals surface area contributed by atoms with Crippen molar-refractivity contribution in [2.75, 3.05) is 12.4 Å². The van der Waals surface area contributed by atoms with Crippen LogP contribution in [-0.2, 0) is 4.84 Å². The van der Waals surface area contributed by atoms with Gasteiger partial charge >= 0.3 is 0 Å². The third-order valence-corrected chi connectivity index (χ3v) is 2.67. The zero-order valence-corrected chi connectivity index (χ0v) is 9.71. The minimum Gasteiger partial charge on any atom is -0.274 e. The fourth-order valence-electron chi connectivity index (χ4n) is 1.08. The standard InChI is InChI=1S/C11H12N2O2S/c1-2-15-13-11(14)9-5-3-4-6-10(9)16-8-7-12/h3-6H,2,8H2,1H3,(H,13,14). The second-order valence-electron chi connectivity index (χ2n) is 2.81. The highest BCUT2D eigenvalue weighted by atomic mass is 32.2. The van der Waals surface area contributed by atoms with Crippen LogP contribution in [0.3, 0.4) is 0 Å². The van der Waals surface area contributed by atoms with E-state index in [1.54, 1.807) is 19.1 Å². The van der Waals surface area contributed by atoms with E-state index in [-0.39, 0.29) is 5.91 Å². The molecule has 0 spiro atoms. The second-order valence-corrected chi connectivity index (χ2v) is 3.82. The zero-order valence-electron chi connectivity index (χ0n) is 8.90. The van der Waals surface area contributed by atoms with Gasteiger partial charge in [0, 0.05) is 4.90 Å². The monoisotopic (exact) mass is 236 g/mol. The molecular formula is C11H12N2O2S. The first-order valence-electron chi connectivity index (χ1n) is 4.80. The van der Waals surface area contributed by atoms with Crippen LogP contribution in [0.15, 0.2) is 29.2 Å². The molecular weight excluding hydrogens is 224 g/mol. The van der Waals surface area contributed by atoms with E-state index in [2.05, 4.69) is 5.48 Å². The summed E-state index contributed by atoms with van der Waals surface area (Å²) in [6.07, 6.45) is 0. The van der Waals surface area contributed by atoms with Crippen molar-refractivity contribution in [3.05, 3.63) is 29.8 Å². The van der Waals surface area contributed by atoms with Crippen molar-refractivity contribution in [3.8, 4) is 6.07 Å². The van der Waals surface area contributed by atoms with Gasteiger partial charge in [0.2, 0.25) is 0 Å². The van der Waals surface area contributed by atoms with Gasteiger partial charge < -0.3 is 0 Å². The third-order valence-electron chi connectivity index (χ3n) is 1.73. The Morgan fingerprint density at radius 1 is 1.56 bits per heavy atom. The van der Waals surface area contributed by atoms with Gasteiger partial charge in [0.05, 0.1) is 24.0 Å². The van der Waals surface area contributed by atoms with Crippen LogP contribution < -0.4 is 5.48 Å². The van der Waals surface area contributed by atoms with Crippen LogP contribution in [0, 0.1) is 11.3 Å². The fraction of sp³-hybridized carbons (Fsp3) is 0.273. The lowest BCUT2D eigenvalue weighted by molar-refractivity contribution is 0.0362. The van der Waals surface area contributed by atoms with Crippen molar-refractivity contribution in [3.63, 3.8) is 0 Å². The Kier molecular flexibility index (Phi) is 5.40. The van der Waals surface area contributed by atoms with Gasteiger partial charge in [-0.05, 0) is 19.1 Å². The number of hydrogen-bond acceptors (Lipinski definition) is 4. The largest absolute Gasteiger partial charge is 0.275 e. The molecule has 5 heteroatoms. The summed E-state index contributed by atoms with van der Waals surface area (Å²) in [5.41, 5.74) is 2.85. The Balaban J connectivity index is 2.77. The molecule has 0 saturated carbocycles. The molecule has 16 heavy (non-hydrogen) atoms. The van der Waals surface area contributed by atoms with Gasteiger partial charge in [-0.2, -0.15) is 5.26 Å². The molecule has 0 fully saturated rings. The van der Waals surface area contributed by atoms with Crippen LogP contribution in [0.4, 0.5) is 0 Å². The topological polar surface area (TPSA) is 62.1 Å². The normalized spacial score (nSPS) is 9.50. The summed E-state index contributed by atoms with van der Waals surface area (Å²) in [6, 6.07) is 9.14. The van der Waals surface area contributed by atoms with Crippen LogP contribution in [0.2, 0.25) is 0 Å². The van der Waals surface area contributed by atoms with Crippen molar-refractivity contribution in [2.24, 2.45) is 0 Å². The lowest BCUT2D eigenvalue weighted by Gasteiger charge is -2.07. The first-order valence-corrected chi connectivity index (χ1v) is 5.79. The van der Waals surface area contributed by atoms with E-state index in [9.17, 15) is 4.79 Å². The van der Waals surface area contributed by atoms with E-state index >= 15 is 0 Å². The lowest BCUT2D eigenvalue weighted by atomic mass is 10.2. The van der Waals surface area contributed by atoms with Crippen molar-refractivity contribution in [1.29, 1.82) is 5.26 Å². The Morgan fingerprint density at radius 2 is 2.31 bits per heavy atom. The molecule has 4 nitrogen and oxygen atoms in total. The number of carbonyl (C=O) groups excluding carboxylic acids is 1. The third kappa shape index (κ3) is 3.57. The quantitative estimate of drug-likeness (QED) is 0.627.